The smallest absolute Gasteiger partial charge is 0.0701 e. The summed E-state index contributed by atoms with van der Waals surface area (Å²) >= 11 is 0. The summed E-state index contributed by atoms with van der Waals surface area (Å²) in [6.07, 6.45) is 1.72. The highest BCUT2D eigenvalue weighted by atomic mass is 16.5. The van der Waals surface area contributed by atoms with Crippen LogP contribution in [-0.2, 0) is 14.2 Å². The first-order chi connectivity index (χ1) is 7.91. The van der Waals surface area contributed by atoms with E-state index in [0.29, 0.717) is 39.5 Å². The minimum absolute atomic E-state index is 0.182. The third-order valence-electron chi connectivity index (χ3n) is 1.91. The Morgan fingerprint density at radius 3 is 1.81 bits per heavy atom. The van der Waals surface area contributed by atoms with Crippen LogP contribution in [0.3, 0.4) is 0 Å². The number of ether oxygens (including phenoxy) is 3. The van der Waals surface area contributed by atoms with E-state index in [1.165, 1.54) is 0 Å². The molecular formula is C11H25NO4. The molecule has 0 fully saturated rings. The van der Waals surface area contributed by atoms with Gasteiger partial charge in [0.1, 0.15) is 0 Å². The first-order valence-electron chi connectivity index (χ1n) is 5.90. The van der Waals surface area contributed by atoms with E-state index in [9.17, 15) is 0 Å². The van der Waals surface area contributed by atoms with E-state index in [1.807, 2.05) is 7.05 Å². The lowest BCUT2D eigenvalue weighted by atomic mass is 10.4. The number of nitrogens with one attached hydrogen (secondary N) is 1. The molecule has 0 aromatic rings. The van der Waals surface area contributed by atoms with Crippen molar-refractivity contribution in [3.63, 3.8) is 0 Å². The SMILES string of the molecule is CNCCCOCCOCCOCCCO. The molecule has 16 heavy (non-hydrogen) atoms. The first-order valence-corrected chi connectivity index (χ1v) is 5.90. The Morgan fingerprint density at radius 2 is 1.31 bits per heavy atom. The zero-order chi connectivity index (χ0) is 11.9. The van der Waals surface area contributed by atoms with Crippen LogP contribution in [0.1, 0.15) is 12.8 Å². The number of aliphatic hydroxyl groups is 1. The monoisotopic (exact) mass is 235 g/mol. The molecule has 5 heteroatoms. The molecule has 2 N–H and O–H groups in total. The van der Waals surface area contributed by atoms with Crippen molar-refractivity contribution < 1.29 is 19.3 Å². The van der Waals surface area contributed by atoms with Crippen LogP contribution in [0.15, 0.2) is 0 Å². The second kappa shape index (κ2) is 14.8. The van der Waals surface area contributed by atoms with Gasteiger partial charge in [0, 0.05) is 19.8 Å². The molecule has 0 amide bonds. The lowest BCUT2D eigenvalue weighted by molar-refractivity contribution is 0.0121. The summed E-state index contributed by atoms with van der Waals surface area (Å²) in [7, 11) is 1.93. The second-order valence-corrected chi connectivity index (χ2v) is 3.37. The van der Waals surface area contributed by atoms with Gasteiger partial charge in [-0.2, -0.15) is 0 Å². The van der Waals surface area contributed by atoms with Gasteiger partial charge in [0.15, 0.2) is 0 Å². The number of hydrogen-bond donors (Lipinski definition) is 2. The van der Waals surface area contributed by atoms with Gasteiger partial charge in [0.05, 0.1) is 26.4 Å². The summed E-state index contributed by atoms with van der Waals surface area (Å²) in [5.41, 5.74) is 0. The molecule has 0 saturated carbocycles. The molecule has 0 aliphatic rings. The molecule has 0 aliphatic carbocycles. The fourth-order valence-corrected chi connectivity index (χ4v) is 1.06. The summed E-state index contributed by atoms with van der Waals surface area (Å²) in [5.74, 6) is 0. The average molecular weight is 235 g/mol. The Balaban J connectivity index is 2.83. The van der Waals surface area contributed by atoms with Crippen LogP contribution in [0.25, 0.3) is 0 Å². The van der Waals surface area contributed by atoms with Gasteiger partial charge < -0.3 is 24.6 Å². The molecule has 0 heterocycles. The van der Waals surface area contributed by atoms with Crippen molar-refractivity contribution in [2.24, 2.45) is 0 Å². The van der Waals surface area contributed by atoms with Crippen molar-refractivity contribution >= 4 is 0 Å². The minimum atomic E-state index is 0.182. The summed E-state index contributed by atoms with van der Waals surface area (Å²) in [5, 5.41) is 11.6. The van der Waals surface area contributed by atoms with Crippen LogP contribution < -0.4 is 5.32 Å². The molecule has 0 unspecified atom stereocenters. The van der Waals surface area contributed by atoms with Gasteiger partial charge in [-0.05, 0) is 26.4 Å². The number of aliphatic hydroxyl groups excluding tert-OH is 1. The third-order valence-corrected chi connectivity index (χ3v) is 1.91. The minimum Gasteiger partial charge on any atom is -0.396 e. The lowest BCUT2D eigenvalue weighted by Gasteiger charge is -2.06. The van der Waals surface area contributed by atoms with E-state index in [1.54, 1.807) is 0 Å². The average Bonchev–Trinajstić information content (AvgIpc) is 2.31. The van der Waals surface area contributed by atoms with Gasteiger partial charge in [0.25, 0.3) is 0 Å². The number of rotatable bonds is 13. The molecule has 5 nitrogen and oxygen atoms in total. The van der Waals surface area contributed by atoms with Crippen LogP contribution >= 0.6 is 0 Å². The highest BCUT2D eigenvalue weighted by molar-refractivity contribution is 4.39. The number of hydrogen-bond acceptors (Lipinski definition) is 5. The van der Waals surface area contributed by atoms with Crippen molar-refractivity contribution in [3.8, 4) is 0 Å². The van der Waals surface area contributed by atoms with E-state index >= 15 is 0 Å². The Kier molecular flexibility index (Phi) is 14.6. The zero-order valence-corrected chi connectivity index (χ0v) is 10.2. The van der Waals surface area contributed by atoms with Crippen LogP contribution in [0, 0.1) is 0 Å². The third kappa shape index (κ3) is 13.8. The lowest BCUT2D eigenvalue weighted by Crippen LogP contribution is -2.13. The van der Waals surface area contributed by atoms with Crippen LogP contribution in [0.5, 0.6) is 0 Å². The Labute approximate surface area is 98.1 Å². The summed E-state index contributed by atoms with van der Waals surface area (Å²) in [6, 6.07) is 0. The molecule has 0 rings (SSSR count). The molecular weight excluding hydrogens is 210 g/mol. The molecule has 0 aliphatic heterocycles. The van der Waals surface area contributed by atoms with Crippen molar-refractivity contribution in [2.45, 2.75) is 12.8 Å². The van der Waals surface area contributed by atoms with Crippen LogP contribution in [0.4, 0.5) is 0 Å². The Bertz CT molecular complexity index is 111. The first kappa shape index (κ1) is 15.8. The fourth-order valence-electron chi connectivity index (χ4n) is 1.06. The van der Waals surface area contributed by atoms with Crippen LogP contribution in [-0.4, -0.2) is 64.9 Å². The largest absolute Gasteiger partial charge is 0.396 e. The maximum atomic E-state index is 8.50. The van der Waals surface area contributed by atoms with E-state index in [2.05, 4.69) is 5.32 Å². The highest BCUT2D eigenvalue weighted by Crippen LogP contribution is 1.84. The Morgan fingerprint density at radius 1 is 0.812 bits per heavy atom. The quantitative estimate of drug-likeness (QED) is 0.441. The zero-order valence-electron chi connectivity index (χ0n) is 10.2. The fraction of sp³-hybridized carbons (Fsp3) is 1.00. The van der Waals surface area contributed by atoms with Crippen molar-refractivity contribution in [1.29, 1.82) is 0 Å². The summed E-state index contributed by atoms with van der Waals surface area (Å²) in [6.45, 7) is 4.97. The standard InChI is InChI=1S/C11H25NO4/c1-12-4-2-6-14-8-10-16-11-9-15-7-3-5-13/h12-13H,2-11H2,1H3. The highest BCUT2D eigenvalue weighted by Gasteiger charge is 1.91. The van der Waals surface area contributed by atoms with Gasteiger partial charge in [-0.15, -0.1) is 0 Å². The normalized spacial score (nSPS) is 10.9. The Hall–Kier alpha value is -0.200. The van der Waals surface area contributed by atoms with Crippen molar-refractivity contribution in [3.05, 3.63) is 0 Å². The molecule has 0 bridgehead atoms. The molecule has 0 saturated heterocycles. The van der Waals surface area contributed by atoms with Crippen molar-refractivity contribution in [1.82, 2.24) is 5.32 Å². The van der Waals surface area contributed by atoms with E-state index < -0.39 is 0 Å². The topological polar surface area (TPSA) is 60.0 Å². The molecule has 0 radical (unpaired) electrons. The summed E-state index contributed by atoms with van der Waals surface area (Å²) < 4.78 is 15.8. The van der Waals surface area contributed by atoms with Gasteiger partial charge in [-0.25, -0.2) is 0 Å². The van der Waals surface area contributed by atoms with Gasteiger partial charge >= 0.3 is 0 Å². The second-order valence-electron chi connectivity index (χ2n) is 3.37. The van der Waals surface area contributed by atoms with Crippen molar-refractivity contribution in [2.75, 3.05) is 59.8 Å². The molecule has 0 spiro atoms. The maximum absolute atomic E-state index is 8.50. The van der Waals surface area contributed by atoms with Crippen LogP contribution in [0.2, 0.25) is 0 Å². The van der Waals surface area contributed by atoms with Gasteiger partial charge in [-0.3, -0.25) is 0 Å². The maximum Gasteiger partial charge on any atom is 0.0701 e. The molecule has 0 atom stereocenters. The molecule has 98 valence electrons. The van der Waals surface area contributed by atoms with E-state index in [0.717, 1.165) is 19.6 Å². The molecule has 0 aromatic carbocycles. The predicted molar refractivity (Wildman–Crippen MR) is 62.7 cm³/mol. The summed E-state index contributed by atoms with van der Waals surface area (Å²) in [4.78, 5) is 0. The van der Waals surface area contributed by atoms with E-state index in [4.69, 9.17) is 19.3 Å². The predicted octanol–water partition coefficient (Wildman–Crippen LogP) is 0.0281. The van der Waals surface area contributed by atoms with E-state index in [-0.39, 0.29) is 6.61 Å². The molecule has 0 aromatic heterocycles. The van der Waals surface area contributed by atoms with Gasteiger partial charge in [0.2, 0.25) is 0 Å². The van der Waals surface area contributed by atoms with Gasteiger partial charge in [-0.1, -0.05) is 0 Å².